The van der Waals surface area contributed by atoms with Crippen LogP contribution in [0.4, 0.5) is 4.39 Å². The van der Waals surface area contributed by atoms with Crippen LogP contribution in [-0.2, 0) is 0 Å². The molecule has 0 spiro atoms. The number of ether oxygens (including phenoxy) is 1. The average Bonchev–Trinajstić information content (AvgIpc) is 3.27. The Morgan fingerprint density at radius 3 is 2.75 bits per heavy atom. The molecule has 0 saturated heterocycles. The number of halogens is 1. The first-order valence-corrected chi connectivity index (χ1v) is 7.41. The van der Waals surface area contributed by atoms with E-state index in [9.17, 15) is 9.50 Å². The molecule has 1 unspecified atom stereocenters. The van der Waals surface area contributed by atoms with E-state index < -0.39 is 11.9 Å². The molecule has 0 amide bonds. The largest absolute Gasteiger partial charge is 0.496 e. The summed E-state index contributed by atoms with van der Waals surface area (Å²) in [5.41, 5.74) is 0.280. The summed E-state index contributed by atoms with van der Waals surface area (Å²) < 4.78 is 19.0. The number of hydrogen-bond donors (Lipinski definition) is 1. The summed E-state index contributed by atoms with van der Waals surface area (Å²) >= 11 is 0. The first-order chi connectivity index (χ1) is 9.67. The Morgan fingerprint density at radius 2 is 2.15 bits per heavy atom. The minimum Gasteiger partial charge on any atom is -0.496 e. The van der Waals surface area contributed by atoms with E-state index in [0.717, 1.165) is 19.5 Å². The van der Waals surface area contributed by atoms with Gasteiger partial charge in [0.25, 0.3) is 0 Å². The fourth-order valence-electron chi connectivity index (χ4n) is 2.65. The molecule has 1 fully saturated rings. The number of hydrogen-bond acceptors (Lipinski definition) is 3. The van der Waals surface area contributed by atoms with Crippen LogP contribution in [-0.4, -0.2) is 36.2 Å². The summed E-state index contributed by atoms with van der Waals surface area (Å²) in [7, 11) is 1.50. The summed E-state index contributed by atoms with van der Waals surface area (Å²) in [4.78, 5) is 2.40. The predicted molar refractivity (Wildman–Crippen MR) is 77.4 cm³/mol. The molecule has 20 heavy (non-hydrogen) atoms. The Balaban J connectivity index is 1.98. The second-order valence-electron chi connectivity index (χ2n) is 5.43. The smallest absolute Gasteiger partial charge is 0.132 e. The Labute approximate surface area is 120 Å². The lowest BCUT2D eigenvalue weighted by molar-refractivity contribution is 0.132. The van der Waals surface area contributed by atoms with Crippen molar-refractivity contribution in [3.63, 3.8) is 0 Å². The Hall–Kier alpha value is -1.13. The maximum Gasteiger partial charge on any atom is 0.132 e. The lowest BCUT2D eigenvalue weighted by Crippen LogP contribution is -2.29. The zero-order valence-electron chi connectivity index (χ0n) is 12.3. The van der Waals surface area contributed by atoms with Crippen molar-refractivity contribution in [2.45, 2.75) is 44.8 Å². The van der Waals surface area contributed by atoms with Gasteiger partial charge >= 0.3 is 0 Å². The molecule has 1 aliphatic carbocycles. The van der Waals surface area contributed by atoms with E-state index in [-0.39, 0.29) is 5.56 Å². The predicted octanol–water partition coefficient (Wildman–Crippen LogP) is 3.13. The first-order valence-electron chi connectivity index (χ1n) is 7.41. The standard InChI is InChI=1S/C16H24FNO2/c1-3-10-18(12-7-8-12)11-9-14(19)16-13(17)5-4-6-15(16)20-2/h4-6,12,14,19H,3,7-11H2,1-2H3. The molecular weight excluding hydrogens is 257 g/mol. The van der Waals surface area contributed by atoms with Crippen LogP contribution in [0.15, 0.2) is 18.2 Å². The molecule has 0 heterocycles. The quantitative estimate of drug-likeness (QED) is 0.794. The van der Waals surface area contributed by atoms with Gasteiger partial charge in [0.05, 0.1) is 18.8 Å². The van der Waals surface area contributed by atoms with Crippen LogP contribution in [0, 0.1) is 5.82 Å². The maximum absolute atomic E-state index is 13.9. The summed E-state index contributed by atoms with van der Waals surface area (Å²) in [5.74, 6) is 0.0243. The minimum atomic E-state index is -0.816. The van der Waals surface area contributed by atoms with Crippen LogP contribution in [0.25, 0.3) is 0 Å². The van der Waals surface area contributed by atoms with Gasteiger partial charge in [-0.15, -0.1) is 0 Å². The summed E-state index contributed by atoms with van der Waals surface area (Å²) in [5, 5.41) is 10.3. The van der Waals surface area contributed by atoms with Gasteiger partial charge in [0, 0.05) is 12.6 Å². The highest BCUT2D eigenvalue weighted by Gasteiger charge is 2.29. The van der Waals surface area contributed by atoms with Gasteiger partial charge in [-0.1, -0.05) is 13.0 Å². The van der Waals surface area contributed by atoms with Crippen molar-refractivity contribution in [1.29, 1.82) is 0 Å². The number of rotatable bonds is 8. The highest BCUT2D eigenvalue weighted by atomic mass is 19.1. The monoisotopic (exact) mass is 281 g/mol. The van der Waals surface area contributed by atoms with Gasteiger partial charge in [0.1, 0.15) is 11.6 Å². The molecule has 2 rings (SSSR count). The third-order valence-corrected chi connectivity index (χ3v) is 3.83. The van der Waals surface area contributed by atoms with Crippen molar-refractivity contribution in [2.24, 2.45) is 0 Å². The van der Waals surface area contributed by atoms with Gasteiger partial charge in [-0.25, -0.2) is 4.39 Å². The third-order valence-electron chi connectivity index (χ3n) is 3.83. The molecule has 1 N–H and O–H groups in total. The van der Waals surface area contributed by atoms with Crippen molar-refractivity contribution in [2.75, 3.05) is 20.2 Å². The second-order valence-corrected chi connectivity index (χ2v) is 5.43. The molecule has 1 aromatic carbocycles. The van der Waals surface area contributed by atoms with Crippen LogP contribution < -0.4 is 4.74 Å². The summed E-state index contributed by atoms with van der Waals surface area (Å²) in [6.45, 7) is 4.01. The zero-order chi connectivity index (χ0) is 14.5. The van der Waals surface area contributed by atoms with Gasteiger partial charge in [-0.2, -0.15) is 0 Å². The molecule has 112 valence electrons. The second kappa shape index (κ2) is 7.04. The lowest BCUT2D eigenvalue weighted by Gasteiger charge is -2.23. The number of methoxy groups -OCH3 is 1. The fourth-order valence-corrected chi connectivity index (χ4v) is 2.65. The van der Waals surface area contributed by atoms with Crippen molar-refractivity contribution in [3.8, 4) is 5.75 Å². The number of aliphatic hydroxyl groups is 1. The van der Waals surface area contributed by atoms with Crippen molar-refractivity contribution < 1.29 is 14.2 Å². The first kappa shape index (κ1) is 15.3. The third kappa shape index (κ3) is 3.70. The Bertz CT molecular complexity index is 434. The molecule has 1 aliphatic rings. The normalized spacial score (nSPS) is 16.4. The zero-order valence-corrected chi connectivity index (χ0v) is 12.3. The van der Waals surface area contributed by atoms with Crippen molar-refractivity contribution in [1.82, 2.24) is 4.90 Å². The molecule has 1 aromatic rings. The van der Waals surface area contributed by atoms with E-state index in [2.05, 4.69) is 11.8 Å². The molecule has 0 radical (unpaired) electrons. The topological polar surface area (TPSA) is 32.7 Å². The Kier molecular flexibility index (Phi) is 5.38. The van der Waals surface area contributed by atoms with Gasteiger partial charge < -0.3 is 14.7 Å². The molecule has 1 saturated carbocycles. The van der Waals surface area contributed by atoms with Gasteiger partial charge in [0.15, 0.2) is 0 Å². The van der Waals surface area contributed by atoms with Crippen LogP contribution in [0.5, 0.6) is 5.75 Å². The summed E-state index contributed by atoms with van der Waals surface area (Å²) in [6, 6.07) is 5.32. The highest BCUT2D eigenvalue weighted by molar-refractivity contribution is 5.36. The lowest BCUT2D eigenvalue weighted by atomic mass is 10.0. The highest BCUT2D eigenvalue weighted by Crippen LogP contribution is 2.32. The van der Waals surface area contributed by atoms with E-state index in [1.807, 2.05) is 0 Å². The molecule has 0 bridgehead atoms. The van der Waals surface area contributed by atoms with E-state index in [0.29, 0.717) is 18.2 Å². The summed E-state index contributed by atoms with van der Waals surface area (Å²) in [6.07, 6.45) is 3.33. The molecule has 0 aliphatic heterocycles. The Morgan fingerprint density at radius 1 is 1.40 bits per heavy atom. The van der Waals surface area contributed by atoms with Crippen molar-refractivity contribution >= 4 is 0 Å². The fraction of sp³-hybridized carbons (Fsp3) is 0.625. The SMILES string of the molecule is CCCN(CCC(O)c1c(F)cccc1OC)C1CC1. The van der Waals surface area contributed by atoms with E-state index in [4.69, 9.17) is 4.74 Å². The minimum absolute atomic E-state index is 0.280. The van der Waals surface area contributed by atoms with Crippen LogP contribution >= 0.6 is 0 Å². The molecule has 3 nitrogen and oxygen atoms in total. The number of nitrogens with zero attached hydrogens (tertiary/aromatic N) is 1. The van der Waals surface area contributed by atoms with E-state index in [1.54, 1.807) is 12.1 Å². The van der Waals surface area contributed by atoms with Crippen LogP contribution in [0.3, 0.4) is 0 Å². The maximum atomic E-state index is 13.9. The van der Waals surface area contributed by atoms with Gasteiger partial charge in [0.2, 0.25) is 0 Å². The van der Waals surface area contributed by atoms with E-state index in [1.165, 1.54) is 26.0 Å². The molecule has 0 aromatic heterocycles. The number of benzene rings is 1. The van der Waals surface area contributed by atoms with Crippen LogP contribution in [0.1, 0.15) is 44.3 Å². The molecule has 1 atom stereocenters. The average molecular weight is 281 g/mol. The number of aliphatic hydroxyl groups excluding tert-OH is 1. The van der Waals surface area contributed by atoms with Gasteiger partial charge in [-0.3, -0.25) is 0 Å². The van der Waals surface area contributed by atoms with Crippen molar-refractivity contribution in [3.05, 3.63) is 29.6 Å². The van der Waals surface area contributed by atoms with E-state index >= 15 is 0 Å². The molecule has 4 heteroatoms. The van der Waals surface area contributed by atoms with Crippen LogP contribution in [0.2, 0.25) is 0 Å². The molecular formula is C16H24FNO2. The van der Waals surface area contributed by atoms with Gasteiger partial charge in [-0.05, 0) is 44.4 Å².